The zero-order chi connectivity index (χ0) is 11.1. The van der Waals surface area contributed by atoms with Crippen molar-refractivity contribution in [3.63, 3.8) is 0 Å². The third-order valence-electron chi connectivity index (χ3n) is 1.58. The second kappa shape index (κ2) is 5.40. The molecule has 1 N–H and O–H groups in total. The highest BCUT2D eigenvalue weighted by Gasteiger charge is 2.03. The predicted molar refractivity (Wildman–Crippen MR) is 54.1 cm³/mol. The Morgan fingerprint density at radius 3 is 2.67 bits per heavy atom. The van der Waals surface area contributed by atoms with Crippen molar-refractivity contribution < 1.29 is 9.63 Å². The van der Waals surface area contributed by atoms with Gasteiger partial charge < -0.3 is 5.32 Å². The third kappa shape index (κ3) is 3.12. The summed E-state index contributed by atoms with van der Waals surface area (Å²) in [7, 11) is 1.41. The SMILES string of the molecule is CNC(=O)O/N=C(/C#N)c1ccccc1. The molecule has 0 saturated carbocycles. The first-order valence-corrected chi connectivity index (χ1v) is 4.20. The minimum Gasteiger partial charge on any atom is -0.323 e. The number of hydrogen-bond acceptors (Lipinski definition) is 4. The molecule has 0 saturated heterocycles. The smallest absolute Gasteiger partial charge is 0.323 e. The lowest BCUT2D eigenvalue weighted by atomic mass is 10.1. The Labute approximate surface area is 87.0 Å². The van der Waals surface area contributed by atoms with Crippen molar-refractivity contribution in [2.75, 3.05) is 7.05 Å². The van der Waals surface area contributed by atoms with Gasteiger partial charge in [0, 0.05) is 12.6 Å². The highest BCUT2D eigenvalue weighted by atomic mass is 16.7. The van der Waals surface area contributed by atoms with Crippen LogP contribution in [0.5, 0.6) is 0 Å². The third-order valence-corrected chi connectivity index (χ3v) is 1.58. The molecule has 0 aliphatic heterocycles. The van der Waals surface area contributed by atoms with E-state index >= 15 is 0 Å². The van der Waals surface area contributed by atoms with Crippen molar-refractivity contribution in [3.8, 4) is 6.07 Å². The van der Waals surface area contributed by atoms with Gasteiger partial charge in [-0.2, -0.15) is 5.26 Å². The van der Waals surface area contributed by atoms with E-state index in [-0.39, 0.29) is 5.71 Å². The molecular formula is C10H9N3O2. The lowest BCUT2D eigenvalue weighted by Gasteiger charge is -1.97. The maximum Gasteiger partial charge on any atom is 0.433 e. The highest BCUT2D eigenvalue weighted by Crippen LogP contribution is 2.00. The van der Waals surface area contributed by atoms with E-state index in [1.807, 2.05) is 12.1 Å². The first-order chi connectivity index (χ1) is 7.27. The maximum atomic E-state index is 10.7. The van der Waals surface area contributed by atoms with Gasteiger partial charge in [-0.25, -0.2) is 4.79 Å². The minimum atomic E-state index is -0.710. The first-order valence-electron chi connectivity index (χ1n) is 4.20. The number of carbonyl (C=O) groups excluding carboxylic acids is 1. The van der Waals surface area contributed by atoms with Crippen LogP contribution in [-0.2, 0) is 4.84 Å². The van der Waals surface area contributed by atoms with Crippen molar-refractivity contribution in [2.45, 2.75) is 0 Å². The van der Waals surface area contributed by atoms with Crippen LogP contribution in [0.2, 0.25) is 0 Å². The van der Waals surface area contributed by atoms with E-state index in [1.165, 1.54) is 7.05 Å². The van der Waals surface area contributed by atoms with Crippen LogP contribution in [0.4, 0.5) is 4.79 Å². The molecule has 0 heterocycles. The van der Waals surface area contributed by atoms with Crippen molar-refractivity contribution in [1.82, 2.24) is 5.32 Å². The molecule has 0 bridgehead atoms. The fourth-order valence-corrected chi connectivity index (χ4v) is 0.866. The van der Waals surface area contributed by atoms with Gasteiger partial charge in [0.25, 0.3) is 0 Å². The quantitative estimate of drug-likeness (QED) is 0.446. The summed E-state index contributed by atoms with van der Waals surface area (Å²) in [4.78, 5) is 15.1. The standard InChI is InChI=1S/C10H9N3O2/c1-12-10(14)15-13-9(7-11)8-5-3-2-4-6-8/h2-6H,1H3,(H,12,14)/b13-9-. The summed E-state index contributed by atoms with van der Waals surface area (Å²) >= 11 is 0. The Hall–Kier alpha value is -2.35. The van der Waals surface area contributed by atoms with E-state index < -0.39 is 6.09 Å². The predicted octanol–water partition coefficient (Wildman–Crippen LogP) is 1.27. The monoisotopic (exact) mass is 203 g/mol. The van der Waals surface area contributed by atoms with E-state index in [0.717, 1.165) is 0 Å². The summed E-state index contributed by atoms with van der Waals surface area (Å²) in [5, 5.41) is 14.4. The molecule has 5 nitrogen and oxygen atoms in total. The Bertz CT molecular complexity index is 406. The summed E-state index contributed by atoms with van der Waals surface area (Å²) in [5.74, 6) is 0. The summed E-state index contributed by atoms with van der Waals surface area (Å²) in [6.45, 7) is 0. The van der Waals surface area contributed by atoms with Gasteiger partial charge in [0.15, 0.2) is 5.71 Å². The average molecular weight is 203 g/mol. The van der Waals surface area contributed by atoms with Crippen molar-refractivity contribution >= 4 is 11.8 Å². The number of carbonyl (C=O) groups is 1. The van der Waals surface area contributed by atoms with Crippen molar-refractivity contribution in [2.24, 2.45) is 5.16 Å². The van der Waals surface area contributed by atoms with E-state index in [0.29, 0.717) is 5.56 Å². The average Bonchev–Trinajstić information content (AvgIpc) is 2.31. The normalized spacial score (nSPS) is 10.3. The van der Waals surface area contributed by atoms with Crippen LogP contribution >= 0.6 is 0 Å². The molecule has 1 rings (SSSR count). The number of benzene rings is 1. The molecule has 0 spiro atoms. The van der Waals surface area contributed by atoms with Gasteiger partial charge in [-0.15, -0.1) is 0 Å². The lowest BCUT2D eigenvalue weighted by Crippen LogP contribution is -2.17. The van der Waals surface area contributed by atoms with Gasteiger partial charge in [0.2, 0.25) is 0 Å². The second-order valence-electron chi connectivity index (χ2n) is 2.55. The lowest BCUT2D eigenvalue weighted by molar-refractivity contribution is 0.153. The number of nitrogens with one attached hydrogen (secondary N) is 1. The zero-order valence-electron chi connectivity index (χ0n) is 8.10. The Morgan fingerprint density at radius 2 is 2.13 bits per heavy atom. The summed E-state index contributed by atoms with van der Waals surface area (Å²) < 4.78 is 0. The molecule has 76 valence electrons. The fourth-order valence-electron chi connectivity index (χ4n) is 0.866. The molecule has 0 aliphatic carbocycles. The largest absolute Gasteiger partial charge is 0.433 e. The molecule has 15 heavy (non-hydrogen) atoms. The van der Waals surface area contributed by atoms with Crippen molar-refractivity contribution in [1.29, 1.82) is 5.26 Å². The summed E-state index contributed by atoms with van der Waals surface area (Å²) in [6, 6.07) is 10.6. The Morgan fingerprint density at radius 1 is 1.47 bits per heavy atom. The molecule has 1 aromatic carbocycles. The van der Waals surface area contributed by atoms with Gasteiger partial charge in [-0.05, 0) is 0 Å². The molecule has 1 aromatic rings. The number of oxime groups is 1. The van der Waals surface area contributed by atoms with Crippen LogP contribution in [-0.4, -0.2) is 18.9 Å². The van der Waals surface area contributed by atoms with Gasteiger partial charge in [0.1, 0.15) is 6.07 Å². The van der Waals surface area contributed by atoms with Crippen LogP contribution in [0.15, 0.2) is 35.5 Å². The van der Waals surface area contributed by atoms with Gasteiger partial charge in [0.05, 0.1) is 0 Å². The fraction of sp³-hybridized carbons (Fsp3) is 0.100. The van der Waals surface area contributed by atoms with E-state index in [1.54, 1.807) is 24.3 Å². The van der Waals surface area contributed by atoms with Crippen LogP contribution in [0.1, 0.15) is 5.56 Å². The summed E-state index contributed by atoms with van der Waals surface area (Å²) in [6.07, 6.45) is -0.710. The Balaban J connectivity index is 2.82. The topological polar surface area (TPSA) is 74.5 Å². The number of nitrogens with zero attached hydrogens (tertiary/aromatic N) is 2. The van der Waals surface area contributed by atoms with Gasteiger partial charge in [-0.3, -0.25) is 4.84 Å². The molecule has 0 radical (unpaired) electrons. The number of hydrogen-bond donors (Lipinski definition) is 1. The maximum absolute atomic E-state index is 10.7. The van der Waals surface area contributed by atoms with Crippen LogP contribution in [0.25, 0.3) is 0 Å². The van der Waals surface area contributed by atoms with E-state index in [4.69, 9.17) is 5.26 Å². The van der Waals surface area contributed by atoms with Crippen LogP contribution < -0.4 is 5.32 Å². The van der Waals surface area contributed by atoms with Crippen LogP contribution in [0.3, 0.4) is 0 Å². The zero-order valence-corrected chi connectivity index (χ0v) is 8.10. The molecule has 1 amide bonds. The second-order valence-corrected chi connectivity index (χ2v) is 2.55. The number of rotatable bonds is 2. The van der Waals surface area contributed by atoms with Crippen molar-refractivity contribution in [3.05, 3.63) is 35.9 Å². The van der Waals surface area contributed by atoms with Crippen LogP contribution in [0, 0.1) is 11.3 Å². The molecule has 0 atom stereocenters. The number of amides is 1. The molecule has 5 heteroatoms. The minimum absolute atomic E-state index is 0.0548. The molecule has 0 aliphatic rings. The Kier molecular flexibility index (Phi) is 3.86. The van der Waals surface area contributed by atoms with E-state index in [9.17, 15) is 4.79 Å². The molecular weight excluding hydrogens is 194 g/mol. The highest BCUT2D eigenvalue weighted by molar-refractivity contribution is 6.11. The first kappa shape index (κ1) is 10.7. The number of nitriles is 1. The van der Waals surface area contributed by atoms with E-state index in [2.05, 4.69) is 15.3 Å². The molecule has 0 fully saturated rings. The summed E-state index contributed by atoms with van der Waals surface area (Å²) in [5.41, 5.74) is 0.656. The molecule has 0 aromatic heterocycles. The van der Waals surface area contributed by atoms with Gasteiger partial charge >= 0.3 is 6.09 Å². The molecule has 0 unspecified atom stereocenters. The van der Waals surface area contributed by atoms with Gasteiger partial charge in [-0.1, -0.05) is 35.5 Å².